The van der Waals surface area contributed by atoms with Crippen molar-refractivity contribution in [2.24, 2.45) is 5.73 Å². The number of anilines is 2. The minimum Gasteiger partial charge on any atom is -0.480 e. The van der Waals surface area contributed by atoms with E-state index >= 15 is 0 Å². The lowest BCUT2D eigenvalue weighted by molar-refractivity contribution is 0.0696. The SMILES string of the molecule is COc1ncc(-c2ccc3c(Nc4cc(C(=O)O)cc(C(=O)O)c4)c(C(N)=O)cnc3c2)c(OC)n1. The van der Waals surface area contributed by atoms with Gasteiger partial charge in [-0.3, -0.25) is 9.78 Å². The Balaban J connectivity index is 1.87. The second kappa shape index (κ2) is 9.54. The number of aromatic carboxylic acids is 2. The molecule has 4 rings (SSSR count). The zero-order chi connectivity index (χ0) is 26.0. The normalized spacial score (nSPS) is 10.6. The quantitative estimate of drug-likeness (QED) is 0.285. The Hall–Kier alpha value is -5.26. The zero-order valence-corrected chi connectivity index (χ0v) is 19.0. The molecule has 5 N–H and O–H groups in total. The van der Waals surface area contributed by atoms with Crippen molar-refractivity contribution in [3.63, 3.8) is 0 Å². The first-order valence-electron chi connectivity index (χ1n) is 10.3. The molecule has 182 valence electrons. The van der Waals surface area contributed by atoms with Crippen LogP contribution in [0.1, 0.15) is 31.1 Å². The van der Waals surface area contributed by atoms with E-state index in [4.69, 9.17) is 15.2 Å². The van der Waals surface area contributed by atoms with Crippen LogP contribution in [-0.4, -0.2) is 57.2 Å². The Morgan fingerprint density at radius 3 is 2.19 bits per heavy atom. The maximum absolute atomic E-state index is 12.1. The van der Waals surface area contributed by atoms with Gasteiger partial charge in [-0.2, -0.15) is 4.98 Å². The fraction of sp³-hybridized carbons (Fsp3) is 0.0833. The van der Waals surface area contributed by atoms with Gasteiger partial charge in [0, 0.05) is 23.5 Å². The number of nitrogens with one attached hydrogen (secondary N) is 1. The standard InChI is InChI=1S/C24H19N5O7/c1-35-21-16(9-27-24(29-21)36-2)11-3-4-15-18(8-11)26-10-17(20(25)30)19(15)28-14-6-12(22(31)32)5-13(7-14)23(33)34/h3-10H,1-2H3,(H2,25,30)(H,26,28)(H,31,32)(H,33,34). The van der Waals surface area contributed by atoms with Gasteiger partial charge in [-0.25, -0.2) is 14.6 Å². The number of carbonyl (C=O) groups excluding carboxylic acids is 1. The van der Waals surface area contributed by atoms with Crippen molar-refractivity contribution in [1.82, 2.24) is 15.0 Å². The number of nitrogens with zero attached hydrogens (tertiary/aromatic N) is 3. The van der Waals surface area contributed by atoms with Gasteiger partial charge in [0.1, 0.15) is 0 Å². The van der Waals surface area contributed by atoms with E-state index in [2.05, 4.69) is 20.3 Å². The summed E-state index contributed by atoms with van der Waals surface area (Å²) in [7, 11) is 2.90. The second-order valence-corrected chi connectivity index (χ2v) is 7.46. The summed E-state index contributed by atoms with van der Waals surface area (Å²) in [5.41, 5.74) is 7.13. The number of carbonyl (C=O) groups is 3. The molecular formula is C24H19N5O7. The van der Waals surface area contributed by atoms with Crippen LogP contribution in [-0.2, 0) is 0 Å². The number of methoxy groups -OCH3 is 2. The van der Waals surface area contributed by atoms with Crippen LogP contribution in [0.2, 0.25) is 0 Å². The van der Waals surface area contributed by atoms with Crippen molar-refractivity contribution in [3.05, 3.63) is 65.5 Å². The predicted octanol–water partition coefficient (Wildman–Crippen LogP) is 2.95. The van der Waals surface area contributed by atoms with Crippen LogP contribution >= 0.6 is 0 Å². The van der Waals surface area contributed by atoms with Gasteiger partial charge in [-0.15, -0.1) is 0 Å². The summed E-state index contributed by atoms with van der Waals surface area (Å²) in [5.74, 6) is -3.12. The van der Waals surface area contributed by atoms with E-state index in [1.54, 1.807) is 18.2 Å². The summed E-state index contributed by atoms with van der Waals surface area (Å²) in [5, 5.41) is 22.2. The minimum absolute atomic E-state index is 0.0261. The molecule has 0 radical (unpaired) electrons. The summed E-state index contributed by atoms with van der Waals surface area (Å²) in [6.07, 6.45) is 2.81. The number of carboxylic acids is 2. The largest absolute Gasteiger partial charge is 0.480 e. The third-order valence-corrected chi connectivity index (χ3v) is 5.25. The van der Waals surface area contributed by atoms with Crippen LogP contribution in [0.5, 0.6) is 11.9 Å². The second-order valence-electron chi connectivity index (χ2n) is 7.46. The summed E-state index contributed by atoms with van der Waals surface area (Å²) in [6, 6.07) is 8.79. The molecule has 0 aliphatic rings. The van der Waals surface area contributed by atoms with Crippen LogP contribution in [0.3, 0.4) is 0 Å². The molecule has 0 saturated heterocycles. The highest BCUT2D eigenvalue weighted by molar-refractivity contribution is 6.08. The number of aromatic nitrogens is 3. The minimum atomic E-state index is -1.31. The maximum Gasteiger partial charge on any atom is 0.335 e. The van der Waals surface area contributed by atoms with Crippen LogP contribution < -0.4 is 20.5 Å². The van der Waals surface area contributed by atoms with Gasteiger partial charge in [0.2, 0.25) is 5.88 Å². The average molecular weight is 489 g/mol. The number of nitrogens with two attached hydrogens (primary N) is 1. The van der Waals surface area contributed by atoms with Gasteiger partial charge in [0.15, 0.2) is 0 Å². The molecule has 12 heteroatoms. The van der Waals surface area contributed by atoms with E-state index in [9.17, 15) is 24.6 Å². The predicted molar refractivity (Wildman–Crippen MR) is 128 cm³/mol. The molecule has 0 atom stereocenters. The number of carboxylic acid groups (broad SMARTS) is 2. The Labute approximate surface area is 203 Å². The van der Waals surface area contributed by atoms with Crippen molar-refractivity contribution >= 4 is 40.1 Å². The highest BCUT2D eigenvalue weighted by atomic mass is 16.5. The Morgan fingerprint density at radius 1 is 0.917 bits per heavy atom. The van der Waals surface area contributed by atoms with E-state index < -0.39 is 17.8 Å². The number of pyridine rings is 1. The first kappa shape index (κ1) is 23.9. The third-order valence-electron chi connectivity index (χ3n) is 5.25. The van der Waals surface area contributed by atoms with Gasteiger partial charge < -0.3 is 30.7 Å². The molecule has 2 aromatic heterocycles. The van der Waals surface area contributed by atoms with Crippen LogP contribution in [0.25, 0.3) is 22.0 Å². The summed E-state index contributed by atoms with van der Waals surface area (Å²) in [6.45, 7) is 0. The van der Waals surface area contributed by atoms with Crippen LogP contribution in [0.15, 0.2) is 48.8 Å². The third kappa shape index (κ3) is 4.55. The lowest BCUT2D eigenvalue weighted by atomic mass is 10.0. The summed E-state index contributed by atoms with van der Waals surface area (Å²) in [4.78, 5) is 47.8. The molecule has 36 heavy (non-hydrogen) atoms. The molecule has 0 saturated carbocycles. The lowest BCUT2D eigenvalue weighted by Gasteiger charge is -2.15. The average Bonchev–Trinajstić information content (AvgIpc) is 2.87. The highest BCUT2D eigenvalue weighted by Gasteiger charge is 2.18. The number of ether oxygens (including phenoxy) is 2. The smallest absolute Gasteiger partial charge is 0.335 e. The van der Waals surface area contributed by atoms with Crippen molar-refractivity contribution in [2.45, 2.75) is 0 Å². The van der Waals surface area contributed by atoms with Crippen molar-refractivity contribution in [2.75, 3.05) is 19.5 Å². The van der Waals surface area contributed by atoms with Gasteiger partial charge in [-0.1, -0.05) is 12.1 Å². The fourth-order valence-electron chi connectivity index (χ4n) is 3.58. The number of fused-ring (bicyclic) bond motifs is 1. The van der Waals surface area contributed by atoms with E-state index in [1.807, 2.05) is 0 Å². The van der Waals surface area contributed by atoms with Gasteiger partial charge in [0.25, 0.3) is 5.91 Å². The van der Waals surface area contributed by atoms with Crippen LogP contribution in [0, 0.1) is 0 Å². The van der Waals surface area contributed by atoms with Gasteiger partial charge in [0.05, 0.1) is 47.7 Å². The van der Waals surface area contributed by atoms with Crippen LogP contribution in [0.4, 0.5) is 11.4 Å². The van der Waals surface area contributed by atoms with E-state index in [0.717, 1.165) is 6.07 Å². The lowest BCUT2D eigenvalue weighted by Crippen LogP contribution is -2.14. The molecule has 12 nitrogen and oxygen atoms in total. The van der Waals surface area contributed by atoms with E-state index in [0.29, 0.717) is 22.0 Å². The molecule has 4 aromatic rings. The number of rotatable bonds is 8. The maximum atomic E-state index is 12.1. The number of hydrogen-bond donors (Lipinski definition) is 4. The molecule has 0 aliphatic carbocycles. The van der Waals surface area contributed by atoms with Crippen molar-refractivity contribution in [3.8, 4) is 23.0 Å². The summed E-state index contributed by atoms with van der Waals surface area (Å²) < 4.78 is 10.4. The summed E-state index contributed by atoms with van der Waals surface area (Å²) >= 11 is 0. The number of amides is 1. The molecule has 0 fully saturated rings. The molecule has 0 aliphatic heterocycles. The van der Waals surface area contributed by atoms with E-state index in [1.165, 1.54) is 38.7 Å². The van der Waals surface area contributed by atoms with Crippen molar-refractivity contribution in [1.29, 1.82) is 0 Å². The topological polar surface area (TPSA) is 187 Å². The van der Waals surface area contributed by atoms with E-state index in [-0.39, 0.29) is 40.0 Å². The molecule has 1 amide bonds. The Bertz CT molecular complexity index is 1510. The van der Waals surface area contributed by atoms with Gasteiger partial charge >= 0.3 is 17.9 Å². The number of primary amides is 1. The molecular weight excluding hydrogens is 470 g/mol. The molecule has 0 bridgehead atoms. The molecule has 2 aromatic carbocycles. The van der Waals surface area contributed by atoms with Crippen molar-refractivity contribution < 1.29 is 34.1 Å². The Morgan fingerprint density at radius 2 is 1.61 bits per heavy atom. The monoisotopic (exact) mass is 489 g/mol. The zero-order valence-electron chi connectivity index (χ0n) is 19.0. The highest BCUT2D eigenvalue weighted by Crippen LogP contribution is 2.35. The number of hydrogen-bond acceptors (Lipinski definition) is 9. The fourth-order valence-corrected chi connectivity index (χ4v) is 3.58. The molecule has 2 heterocycles. The van der Waals surface area contributed by atoms with Gasteiger partial charge in [-0.05, 0) is 29.8 Å². The molecule has 0 unspecified atom stereocenters. The Kier molecular flexibility index (Phi) is 6.33. The molecule has 0 spiro atoms. The first-order valence-corrected chi connectivity index (χ1v) is 10.3. The number of benzene rings is 2. The first-order chi connectivity index (χ1) is 17.2.